The van der Waals surface area contributed by atoms with E-state index in [1.807, 2.05) is 13.8 Å². The molecule has 0 saturated carbocycles. The number of ketones is 1. The molecule has 5 rings (SSSR count). The topological polar surface area (TPSA) is 89.2 Å². The van der Waals surface area contributed by atoms with E-state index in [2.05, 4.69) is 0 Å². The fourth-order valence-electron chi connectivity index (χ4n) is 4.84. The monoisotopic (exact) mass is 529 g/mol. The summed E-state index contributed by atoms with van der Waals surface area (Å²) in [5.74, 6) is -1.26. The molecule has 0 fully saturated rings. The number of hydrogen-bond donors (Lipinski definition) is 1. The van der Waals surface area contributed by atoms with E-state index in [-0.39, 0.29) is 29.8 Å². The van der Waals surface area contributed by atoms with Crippen LogP contribution in [0.5, 0.6) is 11.5 Å². The summed E-state index contributed by atoms with van der Waals surface area (Å²) in [6.07, 6.45) is 0.303. The van der Waals surface area contributed by atoms with Gasteiger partial charge in [-0.1, -0.05) is 36.4 Å². The summed E-state index contributed by atoms with van der Waals surface area (Å²) in [5, 5.41) is 11.7. The minimum absolute atomic E-state index is 0.0242. The maximum absolute atomic E-state index is 13.9. The Morgan fingerprint density at radius 3 is 2.54 bits per heavy atom. The first-order chi connectivity index (χ1) is 18.8. The molecule has 3 aromatic carbocycles. The van der Waals surface area contributed by atoms with Crippen molar-refractivity contribution >= 4 is 22.7 Å². The molecule has 0 radical (unpaired) electrons. The smallest absolute Gasteiger partial charge is 0.290 e. The third-order valence-electron chi connectivity index (χ3n) is 6.60. The number of amides is 1. The van der Waals surface area contributed by atoms with E-state index < -0.39 is 23.5 Å². The van der Waals surface area contributed by atoms with Crippen molar-refractivity contribution in [3.05, 3.63) is 107 Å². The van der Waals surface area contributed by atoms with Gasteiger partial charge in [0, 0.05) is 11.9 Å². The zero-order chi connectivity index (χ0) is 27.7. The highest BCUT2D eigenvalue weighted by molar-refractivity contribution is 6.16. The highest BCUT2D eigenvalue weighted by atomic mass is 19.1. The van der Waals surface area contributed by atoms with Crippen molar-refractivity contribution in [3.8, 4) is 11.5 Å². The molecule has 2 heterocycles. The highest BCUT2D eigenvalue weighted by Gasteiger charge is 2.44. The van der Waals surface area contributed by atoms with Gasteiger partial charge in [0.05, 0.1) is 24.8 Å². The molecule has 1 aliphatic rings. The Balaban J connectivity index is 1.55. The van der Waals surface area contributed by atoms with E-state index >= 15 is 0 Å². The lowest BCUT2D eigenvalue weighted by Crippen LogP contribution is -2.33. The van der Waals surface area contributed by atoms with Crippen molar-refractivity contribution in [3.63, 3.8) is 0 Å². The highest BCUT2D eigenvalue weighted by Crippen LogP contribution is 2.41. The summed E-state index contributed by atoms with van der Waals surface area (Å²) < 4.78 is 30.5. The summed E-state index contributed by atoms with van der Waals surface area (Å²) in [6, 6.07) is 19.1. The average Bonchev–Trinajstić information content (AvgIpc) is 3.47. The first-order valence-electron chi connectivity index (χ1n) is 12.6. The molecule has 7 nitrogen and oxygen atoms in total. The van der Waals surface area contributed by atoms with Gasteiger partial charge in [-0.05, 0) is 67.8 Å². The molecular formula is C31H28FNO6. The van der Waals surface area contributed by atoms with E-state index in [0.29, 0.717) is 34.5 Å². The molecular weight excluding hydrogens is 501 g/mol. The number of furan rings is 1. The standard InChI is InChI=1S/C31H28FNO6/c1-18(2)38-23-8-4-6-20(16-23)27-26(28(34)25-17-21-7-5-9-24(37-3)30(21)39-25)29(35)31(36)33(27)15-14-19-10-12-22(32)13-11-19/h4-13,16-18,27,35H,14-15H2,1-3H3. The first-order valence-corrected chi connectivity index (χ1v) is 12.6. The predicted molar refractivity (Wildman–Crippen MR) is 144 cm³/mol. The summed E-state index contributed by atoms with van der Waals surface area (Å²) in [7, 11) is 1.50. The predicted octanol–water partition coefficient (Wildman–Crippen LogP) is 6.19. The van der Waals surface area contributed by atoms with Crippen molar-refractivity contribution in [1.82, 2.24) is 4.90 Å². The van der Waals surface area contributed by atoms with Crippen molar-refractivity contribution in [1.29, 1.82) is 0 Å². The number of carbonyl (C=O) groups is 2. The molecule has 1 atom stereocenters. The quantitative estimate of drug-likeness (QED) is 0.260. The van der Waals surface area contributed by atoms with Crippen molar-refractivity contribution in [2.75, 3.05) is 13.7 Å². The van der Waals surface area contributed by atoms with Gasteiger partial charge in [-0.3, -0.25) is 9.59 Å². The second-order valence-corrected chi connectivity index (χ2v) is 9.60. The number of nitrogens with zero attached hydrogens (tertiary/aromatic N) is 1. The van der Waals surface area contributed by atoms with Gasteiger partial charge in [0.15, 0.2) is 22.9 Å². The number of Topliss-reactive ketones (excluding diaryl/α,β-unsaturated/α-hetero) is 1. The maximum atomic E-state index is 13.9. The number of methoxy groups -OCH3 is 1. The number of halogens is 1. The van der Waals surface area contributed by atoms with Crippen molar-refractivity contribution < 1.29 is 33.0 Å². The minimum atomic E-state index is -0.892. The van der Waals surface area contributed by atoms with Crippen LogP contribution in [0.15, 0.2) is 88.5 Å². The molecule has 4 aromatic rings. The van der Waals surface area contributed by atoms with Crippen LogP contribution in [-0.4, -0.2) is 41.5 Å². The lowest BCUT2D eigenvalue weighted by molar-refractivity contribution is -0.129. The lowest BCUT2D eigenvalue weighted by Gasteiger charge is -2.27. The third kappa shape index (κ3) is 5.10. The van der Waals surface area contributed by atoms with Gasteiger partial charge < -0.3 is 23.9 Å². The molecule has 1 amide bonds. The number of hydrogen-bond acceptors (Lipinski definition) is 6. The number of carbonyl (C=O) groups excluding carboxylic acids is 2. The Morgan fingerprint density at radius 2 is 1.82 bits per heavy atom. The largest absolute Gasteiger partial charge is 0.503 e. The van der Waals surface area contributed by atoms with Gasteiger partial charge in [0.1, 0.15) is 11.6 Å². The third-order valence-corrected chi connectivity index (χ3v) is 6.60. The van der Waals surface area contributed by atoms with Crippen molar-refractivity contribution in [2.45, 2.75) is 32.4 Å². The van der Waals surface area contributed by atoms with Gasteiger partial charge in [-0.2, -0.15) is 0 Å². The molecule has 8 heteroatoms. The number of rotatable bonds is 9. The number of para-hydroxylation sites is 1. The van der Waals surface area contributed by atoms with Crippen LogP contribution in [-0.2, 0) is 11.2 Å². The number of ether oxygens (including phenoxy) is 2. The SMILES string of the molecule is COc1cccc2cc(C(=O)C3=C(O)C(=O)N(CCc4ccc(F)cc4)C3c3cccc(OC(C)C)c3)oc12. The van der Waals surface area contributed by atoms with Gasteiger partial charge in [0.2, 0.25) is 5.78 Å². The zero-order valence-electron chi connectivity index (χ0n) is 21.8. The number of fused-ring (bicyclic) bond motifs is 1. The van der Waals surface area contributed by atoms with Gasteiger partial charge in [-0.15, -0.1) is 0 Å². The fourth-order valence-corrected chi connectivity index (χ4v) is 4.84. The summed E-state index contributed by atoms with van der Waals surface area (Å²) in [5.41, 5.74) is 1.72. The molecule has 1 unspecified atom stereocenters. The van der Waals surface area contributed by atoms with Crippen LogP contribution in [0.2, 0.25) is 0 Å². The van der Waals surface area contributed by atoms with E-state index in [1.165, 1.54) is 24.1 Å². The molecule has 200 valence electrons. The maximum Gasteiger partial charge on any atom is 0.290 e. The Kier molecular flexibility index (Phi) is 7.11. The minimum Gasteiger partial charge on any atom is -0.503 e. The van der Waals surface area contributed by atoms with Crippen LogP contribution in [0.3, 0.4) is 0 Å². The molecule has 0 saturated heterocycles. The first kappa shape index (κ1) is 26.0. The lowest BCUT2D eigenvalue weighted by atomic mass is 9.94. The van der Waals surface area contributed by atoms with Crippen molar-refractivity contribution in [2.24, 2.45) is 0 Å². The van der Waals surface area contributed by atoms with Crippen LogP contribution in [0.25, 0.3) is 11.0 Å². The Morgan fingerprint density at radius 1 is 1.08 bits per heavy atom. The van der Waals surface area contributed by atoms with Crippen LogP contribution in [0.4, 0.5) is 4.39 Å². The second kappa shape index (κ2) is 10.6. The Hall–Kier alpha value is -4.59. The number of benzene rings is 3. The van der Waals surface area contributed by atoms with E-state index in [9.17, 15) is 19.1 Å². The van der Waals surface area contributed by atoms with Crippen LogP contribution in [0, 0.1) is 5.82 Å². The molecule has 1 aliphatic heterocycles. The average molecular weight is 530 g/mol. The molecule has 0 spiro atoms. The number of aliphatic hydroxyl groups is 1. The van der Waals surface area contributed by atoms with E-state index in [0.717, 1.165) is 5.56 Å². The van der Waals surface area contributed by atoms with E-state index in [4.69, 9.17) is 13.9 Å². The Bertz CT molecular complexity index is 1570. The molecule has 39 heavy (non-hydrogen) atoms. The molecule has 0 aliphatic carbocycles. The second-order valence-electron chi connectivity index (χ2n) is 9.60. The van der Waals surface area contributed by atoms with Gasteiger partial charge in [0.25, 0.3) is 5.91 Å². The van der Waals surface area contributed by atoms with Crippen LogP contribution < -0.4 is 9.47 Å². The normalized spacial score (nSPS) is 15.5. The molecule has 1 N–H and O–H groups in total. The number of aliphatic hydroxyl groups excluding tert-OH is 1. The van der Waals surface area contributed by atoms with Crippen LogP contribution in [0.1, 0.15) is 41.6 Å². The zero-order valence-corrected chi connectivity index (χ0v) is 21.8. The van der Waals surface area contributed by atoms with Gasteiger partial charge in [-0.25, -0.2) is 4.39 Å². The Labute approximate surface area is 225 Å². The summed E-state index contributed by atoms with van der Waals surface area (Å²) in [6.45, 7) is 3.98. The van der Waals surface area contributed by atoms with Gasteiger partial charge >= 0.3 is 0 Å². The molecule has 1 aromatic heterocycles. The fraction of sp³-hybridized carbons (Fsp3) is 0.226. The molecule has 0 bridgehead atoms. The van der Waals surface area contributed by atoms with E-state index in [1.54, 1.807) is 60.7 Å². The summed E-state index contributed by atoms with van der Waals surface area (Å²) in [4.78, 5) is 28.7. The summed E-state index contributed by atoms with van der Waals surface area (Å²) >= 11 is 0. The van der Waals surface area contributed by atoms with Crippen LogP contribution >= 0.6 is 0 Å².